The largest absolute Gasteiger partial charge is 0.417 e. The monoisotopic (exact) mass is 464 g/mol. The molecule has 4 aromatic rings. The van der Waals surface area contributed by atoms with Crippen molar-refractivity contribution < 1.29 is 9.68 Å². The number of fused-ring (bicyclic) bond motifs is 8. The van der Waals surface area contributed by atoms with Crippen molar-refractivity contribution in [3.8, 4) is 11.4 Å². The van der Waals surface area contributed by atoms with Crippen molar-refractivity contribution in [2.24, 2.45) is 0 Å². The van der Waals surface area contributed by atoms with E-state index in [2.05, 4.69) is 23.0 Å². The molecular weight excluding hydrogens is 440 g/mol. The Morgan fingerprint density at radius 2 is 1.46 bits per heavy atom. The molecule has 8 nitrogen and oxygen atoms in total. The normalized spacial score (nSPS) is 12.3. The molecule has 0 saturated heterocycles. The van der Waals surface area contributed by atoms with Crippen molar-refractivity contribution in [2.75, 3.05) is 14.2 Å². The fraction of sp³-hybridized carbons (Fsp3) is 0.148. The van der Waals surface area contributed by atoms with Crippen molar-refractivity contribution in [3.05, 3.63) is 77.1 Å². The summed E-state index contributed by atoms with van der Waals surface area (Å²) in [5, 5.41) is 0. The Balaban J connectivity index is 1.83. The Bertz CT molecular complexity index is 1650. The number of imidazole rings is 1. The summed E-state index contributed by atoms with van der Waals surface area (Å²) in [6.07, 6.45) is 12.4. The summed E-state index contributed by atoms with van der Waals surface area (Å²) in [6.45, 7) is 2.12. The van der Waals surface area contributed by atoms with Gasteiger partial charge in [-0.1, -0.05) is 6.92 Å². The van der Waals surface area contributed by atoms with Crippen LogP contribution in [0.2, 0.25) is 0 Å². The Labute approximate surface area is 201 Å². The maximum atomic E-state index is 5.82. The van der Waals surface area contributed by atoms with Gasteiger partial charge in [-0.3, -0.25) is 0 Å². The molecular formula is C27H24N6O2. The van der Waals surface area contributed by atoms with Gasteiger partial charge in [0, 0.05) is 18.0 Å². The fourth-order valence-electron chi connectivity index (χ4n) is 4.70. The van der Waals surface area contributed by atoms with Gasteiger partial charge in [0.2, 0.25) is 0 Å². The topological polar surface area (TPSA) is 82.8 Å². The van der Waals surface area contributed by atoms with Crippen molar-refractivity contribution in [2.45, 2.75) is 13.3 Å². The molecule has 4 aromatic heterocycles. The van der Waals surface area contributed by atoms with Gasteiger partial charge < -0.3 is 14.7 Å². The third kappa shape index (κ3) is 3.42. The first kappa shape index (κ1) is 21.0. The summed E-state index contributed by atoms with van der Waals surface area (Å²) >= 11 is 0. The Morgan fingerprint density at radius 3 is 2.09 bits per heavy atom. The van der Waals surface area contributed by atoms with E-state index in [-0.39, 0.29) is 0 Å². The molecule has 0 radical (unpaired) electrons. The number of aromatic amines is 1. The summed E-state index contributed by atoms with van der Waals surface area (Å²) in [4.78, 5) is 29.2. The van der Waals surface area contributed by atoms with Gasteiger partial charge in [-0.15, -0.1) is 0 Å². The molecule has 2 aliphatic rings. The third-order valence-electron chi connectivity index (χ3n) is 6.23. The quantitative estimate of drug-likeness (QED) is 0.410. The van der Waals surface area contributed by atoms with Gasteiger partial charge in [0.1, 0.15) is 20.0 Å². The predicted molar refractivity (Wildman–Crippen MR) is 138 cm³/mol. The molecule has 0 spiro atoms. The summed E-state index contributed by atoms with van der Waals surface area (Å²) in [6, 6.07) is 12.1. The van der Waals surface area contributed by atoms with E-state index in [4.69, 9.17) is 19.6 Å². The van der Waals surface area contributed by atoms with Gasteiger partial charge in [0.25, 0.3) is 0 Å². The van der Waals surface area contributed by atoms with Gasteiger partial charge in [-0.25, -0.2) is 15.0 Å². The van der Waals surface area contributed by atoms with Gasteiger partial charge in [0.15, 0.2) is 0 Å². The average molecular weight is 465 g/mol. The molecule has 0 aliphatic carbocycles. The molecule has 6 rings (SSSR count). The first-order valence-electron chi connectivity index (χ1n) is 11.4. The molecule has 0 saturated carbocycles. The third-order valence-corrected chi connectivity index (χ3v) is 6.23. The molecule has 35 heavy (non-hydrogen) atoms. The van der Waals surface area contributed by atoms with Crippen molar-refractivity contribution in [1.29, 1.82) is 0 Å². The standard InChI is InChI=1S/C27H24N6O2/c1-4-21-22-9-10-23(31-22)26(27-28-13-14-29-27)25-12-8-20(33(25)35-3)16-18-6-5-17(30-18)15-19-7-11-24(21)32(19)34-2/h5-16H,4H2,1-3H3,(H,28,29). The van der Waals surface area contributed by atoms with Gasteiger partial charge >= 0.3 is 0 Å². The van der Waals surface area contributed by atoms with Crippen LogP contribution in [-0.2, 0) is 6.42 Å². The lowest BCUT2D eigenvalue weighted by molar-refractivity contribution is 0.189. The number of H-pyrrole nitrogens is 1. The highest BCUT2D eigenvalue weighted by atomic mass is 16.6. The minimum atomic E-state index is 0.711. The molecule has 0 amide bonds. The van der Waals surface area contributed by atoms with Gasteiger partial charge in [-0.2, -0.15) is 9.46 Å². The maximum Gasteiger partial charge on any atom is 0.141 e. The van der Waals surface area contributed by atoms with Crippen molar-refractivity contribution >= 4 is 46.4 Å². The van der Waals surface area contributed by atoms with Crippen LogP contribution >= 0.6 is 0 Å². The molecule has 6 heterocycles. The molecule has 0 atom stereocenters. The van der Waals surface area contributed by atoms with Crippen LogP contribution in [-0.4, -0.2) is 43.6 Å². The van der Waals surface area contributed by atoms with E-state index >= 15 is 0 Å². The number of nitrogens with zero attached hydrogens (tertiary/aromatic N) is 5. The minimum Gasteiger partial charge on any atom is -0.417 e. The number of aryl methyl sites for hydroxylation is 1. The van der Waals surface area contributed by atoms with Crippen LogP contribution in [0.25, 0.3) is 57.8 Å². The first-order chi connectivity index (χ1) is 17.2. The van der Waals surface area contributed by atoms with E-state index < -0.39 is 0 Å². The van der Waals surface area contributed by atoms with Crippen LogP contribution in [0.5, 0.6) is 0 Å². The fourth-order valence-corrected chi connectivity index (χ4v) is 4.70. The SMILES string of the molecule is CCc1c2nc(c(-c3ncc[nH]3)c3ccc(cc4nc(cc5ccc1n5OC)C=C4)n3OC)C=C2. The van der Waals surface area contributed by atoms with Crippen LogP contribution in [0.15, 0.2) is 48.8 Å². The smallest absolute Gasteiger partial charge is 0.141 e. The lowest BCUT2D eigenvalue weighted by Gasteiger charge is -2.08. The molecule has 2 aliphatic heterocycles. The summed E-state index contributed by atoms with van der Waals surface area (Å²) in [5.74, 6) is 0.711. The first-order valence-corrected chi connectivity index (χ1v) is 11.4. The second-order valence-electron chi connectivity index (χ2n) is 8.18. The number of rotatable bonds is 4. The van der Waals surface area contributed by atoms with E-state index in [0.29, 0.717) is 5.82 Å². The Hall–Kier alpha value is -4.59. The van der Waals surface area contributed by atoms with Crippen LogP contribution in [0.3, 0.4) is 0 Å². The highest BCUT2D eigenvalue weighted by molar-refractivity contribution is 5.90. The molecule has 0 fully saturated rings. The van der Waals surface area contributed by atoms with Crippen LogP contribution in [0.1, 0.15) is 35.3 Å². The molecule has 0 unspecified atom stereocenters. The van der Waals surface area contributed by atoms with E-state index in [1.54, 1.807) is 31.3 Å². The second-order valence-corrected chi connectivity index (χ2v) is 8.18. The predicted octanol–water partition coefficient (Wildman–Crippen LogP) is 4.67. The summed E-state index contributed by atoms with van der Waals surface area (Å²) < 4.78 is 3.61. The zero-order valence-electron chi connectivity index (χ0n) is 19.7. The zero-order chi connectivity index (χ0) is 23.9. The summed E-state index contributed by atoms with van der Waals surface area (Å²) in [5.41, 5.74) is 8.84. The average Bonchev–Trinajstić information content (AvgIpc) is 3.68. The Morgan fingerprint density at radius 1 is 0.800 bits per heavy atom. The van der Waals surface area contributed by atoms with Gasteiger partial charge in [-0.05, 0) is 67.1 Å². The highest BCUT2D eigenvalue weighted by Gasteiger charge is 2.17. The number of aromatic nitrogens is 6. The van der Waals surface area contributed by atoms with Crippen molar-refractivity contribution in [1.82, 2.24) is 29.4 Å². The summed E-state index contributed by atoms with van der Waals surface area (Å²) in [7, 11) is 3.33. The van der Waals surface area contributed by atoms with Crippen LogP contribution in [0, 0.1) is 0 Å². The molecule has 8 bridgehead atoms. The van der Waals surface area contributed by atoms with E-state index in [9.17, 15) is 0 Å². The zero-order valence-corrected chi connectivity index (χ0v) is 19.7. The lowest BCUT2D eigenvalue weighted by Crippen LogP contribution is -2.06. The maximum absolute atomic E-state index is 5.82. The molecule has 1 N–H and O–H groups in total. The minimum absolute atomic E-state index is 0.711. The lowest BCUT2D eigenvalue weighted by atomic mass is 10.1. The Kier molecular flexibility index (Phi) is 4.99. The van der Waals surface area contributed by atoms with Crippen LogP contribution in [0.4, 0.5) is 0 Å². The highest BCUT2D eigenvalue weighted by Crippen LogP contribution is 2.30. The van der Waals surface area contributed by atoms with Crippen molar-refractivity contribution in [3.63, 3.8) is 0 Å². The molecule has 8 heteroatoms. The second kappa shape index (κ2) is 8.32. The van der Waals surface area contributed by atoms with E-state index in [1.165, 1.54) is 0 Å². The number of hydrogen-bond acceptors (Lipinski definition) is 5. The van der Waals surface area contributed by atoms with Crippen LogP contribution < -0.4 is 9.68 Å². The van der Waals surface area contributed by atoms with E-state index in [1.807, 2.05) is 59.4 Å². The molecule has 0 aromatic carbocycles. The van der Waals surface area contributed by atoms with E-state index in [0.717, 1.165) is 62.4 Å². The molecule has 174 valence electrons. The number of hydrogen-bond donors (Lipinski definition) is 1. The van der Waals surface area contributed by atoms with Gasteiger partial charge in [0.05, 0.1) is 50.4 Å². The number of nitrogens with one attached hydrogen (secondary N) is 1.